The number of nitrogens with one attached hydrogen (secondary N) is 1. The maximum absolute atomic E-state index is 13.7. The fourth-order valence-corrected chi connectivity index (χ4v) is 8.32. The third-order valence-corrected chi connectivity index (χ3v) is 9.80. The number of carbonyl (C=O) groups excluding carboxylic acids is 3. The highest BCUT2D eigenvalue weighted by Gasteiger charge is 2.51. The number of aromatic nitrogens is 2. The lowest BCUT2D eigenvalue weighted by molar-refractivity contribution is -0.384. The Morgan fingerprint density at radius 2 is 1.60 bits per heavy atom. The molecule has 10 nitrogen and oxygen atoms in total. The van der Waals surface area contributed by atoms with Gasteiger partial charge in [0.25, 0.3) is 17.5 Å². The van der Waals surface area contributed by atoms with Crippen LogP contribution in [0.15, 0.2) is 54.1 Å². The normalized spacial score (nSPS) is 27.6. The predicted molar refractivity (Wildman–Crippen MR) is 155 cm³/mol. The molecule has 42 heavy (non-hydrogen) atoms. The van der Waals surface area contributed by atoms with Gasteiger partial charge in [-0.1, -0.05) is 18.2 Å². The van der Waals surface area contributed by atoms with Crippen molar-refractivity contribution in [1.29, 1.82) is 0 Å². The van der Waals surface area contributed by atoms with Crippen molar-refractivity contribution >= 4 is 35.3 Å². The number of carbonyl (C=O) groups is 3. The van der Waals surface area contributed by atoms with Gasteiger partial charge in [0.1, 0.15) is 5.57 Å². The zero-order valence-electron chi connectivity index (χ0n) is 23.5. The van der Waals surface area contributed by atoms with Crippen LogP contribution in [0.3, 0.4) is 0 Å². The lowest BCUT2D eigenvalue weighted by atomic mass is 9.48. The zero-order chi connectivity index (χ0) is 29.3. The molecule has 3 aromatic rings. The van der Waals surface area contributed by atoms with Crippen LogP contribution in [-0.2, 0) is 15.0 Å². The van der Waals surface area contributed by atoms with E-state index in [1.807, 2.05) is 12.1 Å². The summed E-state index contributed by atoms with van der Waals surface area (Å²) in [4.78, 5) is 51.2. The number of urea groups is 1. The fourth-order valence-electron chi connectivity index (χ4n) is 8.32. The number of nitrogens with zero attached hydrogens (tertiary/aromatic N) is 4. The van der Waals surface area contributed by atoms with Crippen LogP contribution < -0.4 is 10.2 Å². The second-order valence-corrected chi connectivity index (χ2v) is 12.5. The van der Waals surface area contributed by atoms with Crippen molar-refractivity contribution in [1.82, 2.24) is 15.1 Å². The molecule has 214 valence electrons. The Morgan fingerprint density at radius 1 is 0.952 bits per heavy atom. The molecule has 0 radical (unpaired) electrons. The number of rotatable bonds is 5. The van der Waals surface area contributed by atoms with Gasteiger partial charge in [0.05, 0.1) is 22.0 Å². The Hall–Kier alpha value is -4.60. The average Bonchev–Trinajstić information content (AvgIpc) is 3.23. The van der Waals surface area contributed by atoms with E-state index in [2.05, 4.69) is 22.5 Å². The van der Waals surface area contributed by atoms with Crippen LogP contribution in [0.2, 0.25) is 0 Å². The quantitative estimate of drug-likeness (QED) is 0.188. The molecule has 2 aromatic carbocycles. The Kier molecular flexibility index (Phi) is 5.93. The Balaban J connectivity index is 1.19. The highest BCUT2D eigenvalue weighted by Crippen LogP contribution is 2.60. The van der Waals surface area contributed by atoms with Gasteiger partial charge in [-0.25, -0.2) is 14.4 Å². The largest absolute Gasteiger partial charge is 0.335 e. The van der Waals surface area contributed by atoms with Crippen LogP contribution in [-0.4, -0.2) is 32.5 Å². The van der Waals surface area contributed by atoms with Crippen molar-refractivity contribution in [3.05, 3.63) is 86.7 Å². The first-order chi connectivity index (χ1) is 20.1. The molecule has 0 unspecified atom stereocenters. The Bertz CT molecular complexity index is 1670. The molecule has 1 aromatic heterocycles. The third-order valence-electron chi connectivity index (χ3n) is 9.80. The van der Waals surface area contributed by atoms with Gasteiger partial charge in [0.15, 0.2) is 0 Å². The smallest absolute Gasteiger partial charge is 0.273 e. The van der Waals surface area contributed by atoms with Gasteiger partial charge in [-0.3, -0.25) is 25.0 Å². The van der Waals surface area contributed by atoms with E-state index in [0.717, 1.165) is 22.7 Å². The van der Waals surface area contributed by atoms with E-state index in [1.165, 1.54) is 67.0 Å². The second-order valence-electron chi connectivity index (χ2n) is 12.5. The molecule has 4 aliphatic carbocycles. The monoisotopic (exact) mass is 565 g/mol. The number of hydrogen-bond acceptors (Lipinski definition) is 6. The number of aryl methyl sites for hydroxylation is 1. The molecule has 4 saturated carbocycles. The lowest BCUT2D eigenvalue weighted by Crippen LogP contribution is -2.54. The number of benzene rings is 2. The predicted octanol–water partition coefficient (Wildman–Crippen LogP) is 5.53. The average molecular weight is 566 g/mol. The molecule has 1 aliphatic heterocycles. The van der Waals surface area contributed by atoms with Crippen molar-refractivity contribution in [2.75, 3.05) is 4.90 Å². The van der Waals surface area contributed by atoms with E-state index < -0.39 is 22.8 Å². The van der Waals surface area contributed by atoms with Crippen molar-refractivity contribution < 1.29 is 19.3 Å². The topological polar surface area (TPSA) is 127 Å². The Morgan fingerprint density at radius 3 is 2.21 bits per heavy atom. The van der Waals surface area contributed by atoms with Crippen molar-refractivity contribution in [2.24, 2.45) is 17.8 Å². The molecule has 4 bridgehead atoms. The molecule has 0 spiro atoms. The minimum absolute atomic E-state index is 0.0786. The summed E-state index contributed by atoms with van der Waals surface area (Å²) in [5, 5.41) is 18.1. The molecular formula is C32H31N5O5. The summed E-state index contributed by atoms with van der Waals surface area (Å²) in [5.41, 5.74) is 3.72. The summed E-state index contributed by atoms with van der Waals surface area (Å²) >= 11 is 0. The van der Waals surface area contributed by atoms with Gasteiger partial charge in [0, 0.05) is 23.4 Å². The highest BCUT2D eigenvalue weighted by atomic mass is 16.6. The summed E-state index contributed by atoms with van der Waals surface area (Å²) in [5.74, 6) is 0.911. The highest BCUT2D eigenvalue weighted by molar-refractivity contribution is 6.39. The number of nitro benzene ring substituents is 1. The molecule has 10 heteroatoms. The first kappa shape index (κ1) is 26.3. The second kappa shape index (κ2) is 9.47. The molecular weight excluding hydrogens is 534 g/mol. The van der Waals surface area contributed by atoms with E-state index in [9.17, 15) is 24.5 Å². The van der Waals surface area contributed by atoms with E-state index in [4.69, 9.17) is 0 Å². The summed E-state index contributed by atoms with van der Waals surface area (Å²) in [6.07, 6.45) is 9.14. The van der Waals surface area contributed by atoms with E-state index in [1.54, 1.807) is 26.0 Å². The van der Waals surface area contributed by atoms with Gasteiger partial charge in [-0.2, -0.15) is 5.10 Å². The number of hydrogen-bond donors (Lipinski definition) is 1. The summed E-state index contributed by atoms with van der Waals surface area (Å²) in [6, 6.07) is 13.0. The first-order valence-corrected chi connectivity index (χ1v) is 14.4. The zero-order valence-corrected chi connectivity index (χ0v) is 23.5. The molecule has 5 aliphatic rings. The number of amides is 4. The molecule has 4 amide bonds. The van der Waals surface area contributed by atoms with Crippen LogP contribution in [0, 0.1) is 41.7 Å². The maximum Gasteiger partial charge on any atom is 0.335 e. The van der Waals surface area contributed by atoms with E-state index >= 15 is 0 Å². The van der Waals surface area contributed by atoms with Gasteiger partial charge < -0.3 is 0 Å². The maximum atomic E-state index is 13.7. The minimum atomic E-state index is -0.787. The van der Waals surface area contributed by atoms with Gasteiger partial charge in [0.2, 0.25) is 0 Å². The number of anilines is 1. The minimum Gasteiger partial charge on any atom is -0.273 e. The van der Waals surface area contributed by atoms with Crippen molar-refractivity contribution in [2.45, 2.75) is 57.8 Å². The number of barbiturate groups is 1. The van der Waals surface area contributed by atoms with E-state index in [-0.39, 0.29) is 16.7 Å². The fraction of sp³-hybridized carbons (Fsp3) is 0.375. The lowest BCUT2D eigenvalue weighted by Gasteiger charge is -2.57. The van der Waals surface area contributed by atoms with Gasteiger partial charge in [-0.15, -0.1) is 0 Å². The number of non-ortho nitro benzene ring substituents is 1. The first-order valence-electron chi connectivity index (χ1n) is 14.4. The standard InChI is InChI=1S/C32H31N5O5/c1-18-27(19(2)36(34-18)25-4-3-5-26(13-25)37(41)42)14-28-29(38)33-31(40)35(30(28)39)24-8-6-23(7-9-24)32-15-20-10-21(16-32)12-22(11-20)17-32/h3-9,13-14,20-22H,10-12,15-17H2,1-2H3,(H,33,38,40)/b28-14+. The van der Waals surface area contributed by atoms with Gasteiger partial charge >= 0.3 is 6.03 Å². The van der Waals surface area contributed by atoms with Crippen molar-refractivity contribution in [3.8, 4) is 5.69 Å². The van der Waals surface area contributed by atoms with Crippen LogP contribution in [0.1, 0.15) is 61.0 Å². The SMILES string of the molecule is Cc1nn(-c2cccc([N+](=O)[O-])c2)c(C)c1/C=C1\C(=O)NC(=O)N(c2ccc(C34CC5CC(CC(C5)C3)C4)cc2)C1=O. The molecule has 1 saturated heterocycles. The summed E-state index contributed by atoms with van der Waals surface area (Å²) < 4.78 is 1.53. The van der Waals surface area contributed by atoms with Crippen LogP contribution in [0.25, 0.3) is 11.8 Å². The molecule has 0 atom stereocenters. The van der Waals surface area contributed by atoms with E-state index in [0.29, 0.717) is 28.3 Å². The molecule has 2 heterocycles. The Labute approximate surface area is 242 Å². The molecule has 8 rings (SSSR count). The molecule has 1 N–H and O–H groups in total. The third kappa shape index (κ3) is 4.16. The van der Waals surface area contributed by atoms with Crippen LogP contribution >= 0.6 is 0 Å². The van der Waals surface area contributed by atoms with Crippen molar-refractivity contribution in [3.63, 3.8) is 0 Å². The summed E-state index contributed by atoms with van der Waals surface area (Å²) in [6.45, 7) is 3.48. The number of imide groups is 2. The molecule has 5 fully saturated rings. The number of nitro groups is 1. The van der Waals surface area contributed by atoms with Gasteiger partial charge in [-0.05, 0) is 105 Å². The van der Waals surface area contributed by atoms with Crippen LogP contribution in [0.5, 0.6) is 0 Å². The van der Waals surface area contributed by atoms with Crippen LogP contribution in [0.4, 0.5) is 16.2 Å². The summed E-state index contributed by atoms with van der Waals surface area (Å²) in [7, 11) is 0.